The van der Waals surface area contributed by atoms with Crippen LogP contribution in [0.2, 0.25) is 0 Å². The van der Waals surface area contributed by atoms with Gasteiger partial charge in [-0.3, -0.25) is 0 Å². The fourth-order valence-electron chi connectivity index (χ4n) is 2.72. The van der Waals surface area contributed by atoms with Crippen molar-refractivity contribution in [2.24, 2.45) is 5.92 Å². The molecule has 1 aromatic carbocycles. The first-order valence-corrected chi connectivity index (χ1v) is 7.08. The average Bonchev–Trinajstić information content (AvgIpc) is 2.49. The second-order valence-corrected chi connectivity index (χ2v) is 5.21. The highest BCUT2D eigenvalue weighted by molar-refractivity contribution is 5.90. The molecule has 1 fully saturated rings. The molecule has 100 valence electrons. The normalized spacial score (nSPS) is 19.5. The van der Waals surface area contributed by atoms with E-state index in [1.165, 1.54) is 25.8 Å². The van der Waals surface area contributed by atoms with Crippen LogP contribution < -0.4 is 10.6 Å². The lowest BCUT2D eigenvalue weighted by Crippen LogP contribution is -2.30. The van der Waals surface area contributed by atoms with Crippen molar-refractivity contribution in [1.82, 2.24) is 15.5 Å². The topological polar surface area (TPSA) is 49.8 Å². The molecule has 1 unspecified atom stereocenters. The van der Waals surface area contributed by atoms with Crippen LogP contribution in [0.1, 0.15) is 19.3 Å². The number of fused-ring (bicyclic) bond motifs is 1. The number of hydrogen-bond donors (Lipinski definition) is 2. The summed E-state index contributed by atoms with van der Waals surface area (Å²) in [7, 11) is 0. The van der Waals surface area contributed by atoms with Gasteiger partial charge in [-0.1, -0.05) is 24.3 Å². The highest BCUT2D eigenvalue weighted by Crippen LogP contribution is 2.20. The molecule has 19 heavy (non-hydrogen) atoms. The molecule has 2 aromatic rings. The zero-order valence-electron chi connectivity index (χ0n) is 11.1. The van der Waals surface area contributed by atoms with Crippen molar-refractivity contribution in [2.45, 2.75) is 19.3 Å². The lowest BCUT2D eigenvalue weighted by Gasteiger charge is -2.22. The van der Waals surface area contributed by atoms with Gasteiger partial charge in [-0.25, -0.2) is 0 Å². The molecule has 0 saturated carbocycles. The van der Waals surface area contributed by atoms with Gasteiger partial charge >= 0.3 is 0 Å². The van der Waals surface area contributed by atoms with Crippen molar-refractivity contribution in [3.8, 4) is 0 Å². The smallest absolute Gasteiger partial charge is 0.156 e. The van der Waals surface area contributed by atoms with Gasteiger partial charge in [0, 0.05) is 17.3 Å². The van der Waals surface area contributed by atoms with Gasteiger partial charge in [0.25, 0.3) is 0 Å². The van der Waals surface area contributed by atoms with Crippen LogP contribution in [0.15, 0.2) is 30.5 Å². The fourth-order valence-corrected chi connectivity index (χ4v) is 2.72. The minimum Gasteiger partial charge on any atom is -0.368 e. The maximum Gasteiger partial charge on any atom is 0.156 e. The van der Waals surface area contributed by atoms with Crippen molar-refractivity contribution >= 4 is 16.6 Å². The van der Waals surface area contributed by atoms with E-state index in [1.807, 2.05) is 18.3 Å². The summed E-state index contributed by atoms with van der Waals surface area (Å²) >= 11 is 0. The lowest BCUT2D eigenvalue weighted by atomic mass is 9.96. The SMILES string of the molecule is c1ccc2c(NCCC3CCCNC3)nncc2c1. The Bertz CT molecular complexity index is 529. The molecular weight excluding hydrogens is 236 g/mol. The minimum absolute atomic E-state index is 0.796. The predicted molar refractivity (Wildman–Crippen MR) is 78.2 cm³/mol. The summed E-state index contributed by atoms with van der Waals surface area (Å²) < 4.78 is 0. The van der Waals surface area contributed by atoms with Crippen molar-refractivity contribution in [1.29, 1.82) is 0 Å². The zero-order chi connectivity index (χ0) is 12.9. The van der Waals surface area contributed by atoms with E-state index in [0.29, 0.717) is 0 Å². The molecule has 2 heterocycles. The van der Waals surface area contributed by atoms with Crippen molar-refractivity contribution in [2.75, 3.05) is 25.0 Å². The molecule has 4 nitrogen and oxygen atoms in total. The van der Waals surface area contributed by atoms with Gasteiger partial charge in [0.05, 0.1) is 6.20 Å². The summed E-state index contributed by atoms with van der Waals surface area (Å²) in [5.41, 5.74) is 0. The Morgan fingerprint density at radius 3 is 3.16 bits per heavy atom. The number of hydrogen-bond acceptors (Lipinski definition) is 4. The van der Waals surface area contributed by atoms with E-state index in [1.54, 1.807) is 0 Å². The number of aromatic nitrogens is 2. The van der Waals surface area contributed by atoms with Crippen LogP contribution in [0, 0.1) is 5.92 Å². The van der Waals surface area contributed by atoms with Crippen LogP contribution in [-0.4, -0.2) is 29.8 Å². The molecule has 0 aliphatic carbocycles. The van der Waals surface area contributed by atoms with E-state index in [2.05, 4.69) is 33.0 Å². The van der Waals surface area contributed by atoms with Gasteiger partial charge in [0.15, 0.2) is 5.82 Å². The van der Waals surface area contributed by atoms with Gasteiger partial charge in [-0.15, -0.1) is 5.10 Å². The molecule has 1 aliphatic rings. The number of nitrogens with zero attached hydrogens (tertiary/aromatic N) is 2. The molecule has 3 rings (SSSR count). The number of rotatable bonds is 4. The highest BCUT2D eigenvalue weighted by Gasteiger charge is 2.12. The van der Waals surface area contributed by atoms with Gasteiger partial charge in [-0.05, 0) is 38.3 Å². The summed E-state index contributed by atoms with van der Waals surface area (Å²) in [5.74, 6) is 1.70. The minimum atomic E-state index is 0.796. The van der Waals surface area contributed by atoms with E-state index in [4.69, 9.17) is 0 Å². The second kappa shape index (κ2) is 5.97. The molecular formula is C15H20N4. The van der Waals surface area contributed by atoms with Crippen molar-refractivity contribution in [3.05, 3.63) is 30.5 Å². The Balaban J connectivity index is 1.62. The van der Waals surface area contributed by atoms with Crippen LogP contribution in [0.4, 0.5) is 5.82 Å². The Labute approximate surface area is 113 Å². The summed E-state index contributed by atoms with van der Waals surface area (Å²) in [6.45, 7) is 3.30. The second-order valence-electron chi connectivity index (χ2n) is 5.21. The monoisotopic (exact) mass is 256 g/mol. The molecule has 1 saturated heterocycles. The van der Waals surface area contributed by atoms with Crippen molar-refractivity contribution < 1.29 is 0 Å². The standard InChI is InChI=1S/C15H20N4/c1-2-6-14-13(5-1)11-18-19-15(14)17-9-7-12-4-3-8-16-10-12/h1-2,5-6,11-12,16H,3-4,7-10H2,(H,17,19). The van der Waals surface area contributed by atoms with Gasteiger partial charge in [-0.2, -0.15) is 5.10 Å². The summed E-state index contributed by atoms with van der Waals surface area (Å²) in [4.78, 5) is 0. The predicted octanol–water partition coefficient (Wildman–Crippen LogP) is 2.43. The quantitative estimate of drug-likeness (QED) is 0.882. The third-order valence-electron chi connectivity index (χ3n) is 3.81. The zero-order valence-corrected chi connectivity index (χ0v) is 11.1. The lowest BCUT2D eigenvalue weighted by molar-refractivity contribution is 0.364. The highest BCUT2D eigenvalue weighted by atomic mass is 15.2. The molecule has 0 radical (unpaired) electrons. The first-order chi connectivity index (χ1) is 9.43. The summed E-state index contributed by atoms with van der Waals surface area (Å²) in [6, 6.07) is 8.23. The average molecular weight is 256 g/mol. The van der Waals surface area contributed by atoms with E-state index >= 15 is 0 Å². The Morgan fingerprint density at radius 1 is 1.32 bits per heavy atom. The van der Waals surface area contributed by atoms with Gasteiger partial charge in [0.1, 0.15) is 0 Å². The van der Waals surface area contributed by atoms with Crippen LogP contribution >= 0.6 is 0 Å². The van der Waals surface area contributed by atoms with Gasteiger partial charge < -0.3 is 10.6 Å². The molecule has 1 aliphatic heterocycles. The van der Waals surface area contributed by atoms with Gasteiger partial charge in [0.2, 0.25) is 0 Å². The number of anilines is 1. The Kier molecular flexibility index (Phi) is 3.89. The first-order valence-electron chi connectivity index (χ1n) is 7.08. The van der Waals surface area contributed by atoms with E-state index < -0.39 is 0 Å². The van der Waals surface area contributed by atoms with E-state index in [0.717, 1.165) is 35.6 Å². The molecule has 4 heteroatoms. The largest absolute Gasteiger partial charge is 0.368 e. The van der Waals surface area contributed by atoms with Crippen LogP contribution in [-0.2, 0) is 0 Å². The van der Waals surface area contributed by atoms with E-state index in [9.17, 15) is 0 Å². The Hall–Kier alpha value is -1.68. The number of piperidine rings is 1. The molecule has 1 atom stereocenters. The maximum atomic E-state index is 4.21. The molecule has 0 amide bonds. The molecule has 2 N–H and O–H groups in total. The first kappa shape index (κ1) is 12.4. The molecule has 1 aromatic heterocycles. The van der Waals surface area contributed by atoms with E-state index in [-0.39, 0.29) is 0 Å². The Morgan fingerprint density at radius 2 is 2.26 bits per heavy atom. The van der Waals surface area contributed by atoms with Crippen LogP contribution in [0.3, 0.4) is 0 Å². The third-order valence-corrected chi connectivity index (χ3v) is 3.81. The van der Waals surface area contributed by atoms with Crippen molar-refractivity contribution in [3.63, 3.8) is 0 Å². The molecule has 0 bridgehead atoms. The maximum absolute atomic E-state index is 4.21. The number of benzene rings is 1. The van der Waals surface area contributed by atoms with Crippen LogP contribution in [0.25, 0.3) is 10.8 Å². The summed E-state index contributed by atoms with van der Waals surface area (Å²) in [5, 5.41) is 17.4. The fraction of sp³-hybridized carbons (Fsp3) is 0.467. The molecule has 0 spiro atoms. The summed E-state index contributed by atoms with van der Waals surface area (Å²) in [6.07, 6.45) is 5.65. The number of nitrogens with one attached hydrogen (secondary N) is 2. The van der Waals surface area contributed by atoms with Crippen LogP contribution in [0.5, 0.6) is 0 Å². The third kappa shape index (κ3) is 3.01.